The highest BCUT2D eigenvalue weighted by Crippen LogP contribution is 2.35. The van der Waals surface area contributed by atoms with Crippen LogP contribution in [0, 0.1) is 6.92 Å². The molecule has 0 aliphatic carbocycles. The van der Waals surface area contributed by atoms with Gasteiger partial charge in [-0.15, -0.1) is 0 Å². The summed E-state index contributed by atoms with van der Waals surface area (Å²) in [5.74, 6) is 2.41. The minimum atomic E-state index is -0.0398. The largest absolute Gasteiger partial charge is 0.457 e. The zero-order chi connectivity index (χ0) is 22.0. The molecule has 2 heterocycles. The lowest BCUT2D eigenvalue weighted by atomic mass is 9.94. The fraction of sp³-hybridized carbons (Fsp3) is 0.308. The maximum atomic E-state index is 12.8. The molecule has 31 heavy (non-hydrogen) atoms. The first-order valence-electron chi connectivity index (χ1n) is 10.7. The number of aromatic nitrogens is 1. The van der Waals surface area contributed by atoms with Crippen molar-refractivity contribution in [3.05, 3.63) is 88.2 Å². The molecule has 4 rings (SSSR count). The van der Waals surface area contributed by atoms with E-state index < -0.39 is 0 Å². The number of likely N-dealkylation sites (tertiary alicyclic amines) is 1. The minimum Gasteiger partial charge on any atom is -0.457 e. The number of amides is 1. The van der Waals surface area contributed by atoms with Crippen molar-refractivity contribution in [2.24, 2.45) is 0 Å². The van der Waals surface area contributed by atoms with Crippen molar-refractivity contribution in [1.82, 2.24) is 9.88 Å². The summed E-state index contributed by atoms with van der Waals surface area (Å²) in [6.07, 6.45) is 2.46. The van der Waals surface area contributed by atoms with Crippen LogP contribution in [-0.2, 0) is 0 Å². The van der Waals surface area contributed by atoms with Gasteiger partial charge in [0.25, 0.3) is 5.91 Å². The number of hydrogen-bond acceptors (Lipinski definition) is 3. The number of carbonyl (C=O) groups is 1. The molecule has 1 aliphatic heterocycles. The zero-order valence-electron chi connectivity index (χ0n) is 18.1. The van der Waals surface area contributed by atoms with Gasteiger partial charge in [0.15, 0.2) is 0 Å². The topological polar surface area (TPSA) is 42.4 Å². The van der Waals surface area contributed by atoms with E-state index in [4.69, 9.17) is 16.3 Å². The maximum Gasteiger partial charge on any atom is 0.272 e. The van der Waals surface area contributed by atoms with Gasteiger partial charge in [0.2, 0.25) is 0 Å². The summed E-state index contributed by atoms with van der Waals surface area (Å²) in [5.41, 5.74) is 4.09. The molecule has 1 unspecified atom stereocenters. The molecule has 0 spiro atoms. The summed E-state index contributed by atoms with van der Waals surface area (Å²) < 4.78 is 6.21. The SMILES string of the molecule is Cc1cc(Oc2ccccc2C(C)C)ccc1C1CCN(C(=O)c2ccc(Cl)cn2)C1. The van der Waals surface area contributed by atoms with Crippen LogP contribution < -0.4 is 4.74 Å². The van der Waals surface area contributed by atoms with E-state index in [-0.39, 0.29) is 5.91 Å². The van der Waals surface area contributed by atoms with Gasteiger partial charge in [0, 0.05) is 25.2 Å². The second kappa shape index (κ2) is 9.11. The van der Waals surface area contributed by atoms with Gasteiger partial charge in [-0.05, 0) is 66.3 Å². The van der Waals surface area contributed by atoms with E-state index in [0.717, 1.165) is 24.5 Å². The van der Waals surface area contributed by atoms with Crippen molar-refractivity contribution < 1.29 is 9.53 Å². The third-order valence-corrected chi connectivity index (χ3v) is 6.10. The van der Waals surface area contributed by atoms with Crippen LogP contribution in [0.3, 0.4) is 0 Å². The average molecular weight is 435 g/mol. The molecule has 1 saturated heterocycles. The van der Waals surface area contributed by atoms with Crippen molar-refractivity contribution in [3.63, 3.8) is 0 Å². The average Bonchev–Trinajstić information content (AvgIpc) is 3.24. The second-order valence-electron chi connectivity index (χ2n) is 8.41. The van der Waals surface area contributed by atoms with E-state index in [0.29, 0.717) is 29.1 Å². The Kier molecular flexibility index (Phi) is 6.28. The molecule has 3 aromatic rings. The lowest BCUT2D eigenvalue weighted by molar-refractivity contribution is 0.0785. The van der Waals surface area contributed by atoms with Gasteiger partial charge in [-0.3, -0.25) is 4.79 Å². The molecule has 1 amide bonds. The Morgan fingerprint density at radius 3 is 2.68 bits per heavy atom. The number of hydrogen-bond donors (Lipinski definition) is 0. The summed E-state index contributed by atoms with van der Waals surface area (Å²) in [6.45, 7) is 7.88. The Hall–Kier alpha value is -2.85. The van der Waals surface area contributed by atoms with Crippen LogP contribution in [0.2, 0.25) is 5.02 Å². The van der Waals surface area contributed by atoms with Crippen LogP contribution in [0.4, 0.5) is 0 Å². The van der Waals surface area contributed by atoms with Crippen LogP contribution in [-0.4, -0.2) is 28.9 Å². The highest BCUT2D eigenvalue weighted by molar-refractivity contribution is 6.30. The van der Waals surface area contributed by atoms with E-state index in [2.05, 4.69) is 44.0 Å². The zero-order valence-corrected chi connectivity index (χ0v) is 18.9. The monoisotopic (exact) mass is 434 g/mol. The van der Waals surface area contributed by atoms with Gasteiger partial charge >= 0.3 is 0 Å². The maximum absolute atomic E-state index is 12.8. The Morgan fingerprint density at radius 2 is 1.97 bits per heavy atom. The van der Waals surface area contributed by atoms with Crippen molar-refractivity contribution in [2.75, 3.05) is 13.1 Å². The highest BCUT2D eigenvalue weighted by Gasteiger charge is 2.29. The number of nitrogens with zero attached hydrogens (tertiary/aromatic N) is 2. The first-order valence-corrected chi connectivity index (χ1v) is 11.1. The number of rotatable bonds is 5. The first-order chi connectivity index (χ1) is 14.9. The molecule has 2 aromatic carbocycles. The highest BCUT2D eigenvalue weighted by atomic mass is 35.5. The summed E-state index contributed by atoms with van der Waals surface area (Å²) in [7, 11) is 0. The Morgan fingerprint density at radius 1 is 1.16 bits per heavy atom. The fourth-order valence-electron chi connectivity index (χ4n) is 4.21. The number of halogens is 1. The van der Waals surface area contributed by atoms with Gasteiger partial charge in [-0.1, -0.05) is 49.7 Å². The van der Waals surface area contributed by atoms with E-state index in [9.17, 15) is 4.79 Å². The van der Waals surface area contributed by atoms with Gasteiger partial charge in [-0.25, -0.2) is 4.98 Å². The quantitative estimate of drug-likeness (QED) is 0.455. The molecule has 0 N–H and O–H groups in total. The normalized spacial score (nSPS) is 16.0. The van der Waals surface area contributed by atoms with E-state index >= 15 is 0 Å². The third-order valence-electron chi connectivity index (χ3n) is 5.87. The molecular weight excluding hydrogens is 408 g/mol. The lowest BCUT2D eigenvalue weighted by Gasteiger charge is -2.18. The van der Waals surface area contributed by atoms with Crippen LogP contribution in [0.5, 0.6) is 11.5 Å². The molecule has 4 nitrogen and oxygen atoms in total. The molecule has 0 bridgehead atoms. The van der Waals surface area contributed by atoms with Gasteiger partial charge in [0.1, 0.15) is 17.2 Å². The number of para-hydroxylation sites is 1. The number of pyridine rings is 1. The number of aryl methyl sites for hydroxylation is 1. The van der Waals surface area contributed by atoms with Crippen LogP contribution in [0.25, 0.3) is 0 Å². The van der Waals surface area contributed by atoms with Crippen LogP contribution >= 0.6 is 11.6 Å². The Bertz CT molecular complexity index is 1080. The molecular formula is C26H27ClN2O2. The van der Waals surface area contributed by atoms with E-state index in [1.807, 2.05) is 29.2 Å². The summed E-state index contributed by atoms with van der Waals surface area (Å²) >= 11 is 5.89. The van der Waals surface area contributed by atoms with Gasteiger partial charge in [-0.2, -0.15) is 0 Å². The van der Waals surface area contributed by atoms with Crippen molar-refractivity contribution in [3.8, 4) is 11.5 Å². The van der Waals surface area contributed by atoms with Crippen LogP contribution in [0.15, 0.2) is 60.8 Å². The number of carbonyl (C=O) groups excluding carboxylic acids is 1. The fourth-order valence-corrected chi connectivity index (χ4v) is 4.32. The van der Waals surface area contributed by atoms with Gasteiger partial charge in [0.05, 0.1) is 5.02 Å². The predicted molar refractivity (Wildman–Crippen MR) is 124 cm³/mol. The molecule has 1 aliphatic rings. The van der Waals surface area contributed by atoms with Gasteiger partial charge < -0.3 is 9.64 Å². The molecule has 5 heteroatoms. The molecule has 1 atom stereocenters. The molecule has 1 aromatic heterocycles. The summed E-state index contributed by atoms with van der Waals surface area (Å²) in [4.78, 5) is 18.8. The second-order valence-corrected chi connectivity index (χ2v) is 8.85. The molecule has 1 fully saturated rings. The molecule has 0 radical (unpaired) electrons. The summed E-state index contributed by atoms with van der Waals surface area (Å²) in [6, 6.07) is 17.8. The molecule has 160 valence electrons. The Balaban J connectivity index is 1.46. The first kappa shape index (κ1) is 21.4. The number of ether oxygens (including phenoxy) is 1. The third kappa shape index (κ3) is 4.75. The number of benzene rings is 2. The smallest absolute Gasteiger partial charge is 0.272 e. The molecule has 0 saturated carbocycles. The standard InChI is InChI=1S/C26H27ClN2O2/c1-17(2)22-6-4-5-7-25(22)31-21-9-10-23(18(3)14-21)19-12-13-29(16-19)26(30)24-11-8-20(27)15-28-24/h4-11,14-15,17,19H,12-13,16H2,1-3H3. The van der Waals surface area contributed by atoms with Crippen LogP contribution in [0.1, 0.15) is 59.3 Å². The predicted octanol–water partition coefficient (Wildman–Crippen LogP) is 6.59. The van der Waals surface area contributed by atoms with Crippen molar-refractivity contribution in [1.29, 1.82) is 0 Å². The lowest BCUT2D eigenvalue weighted by Crippen LogP contribution is -2.29. The Labute approximate surface area is 188 Å². The van der Waals surface area contributed by atoms with E-state index in [1.165, 1.54) is 22.9 Å². The summed E-state index contributed by atoms with van der Waals surface area (Å²) in [5, 5.41) is 0.532. The van der Waals surface area contributed by atoms with Crippen molar-refractivity contribution in [2.45, 2.75) is 39.0 Å². The van der Waals surface area contributed by atoms with Crippen molar-refractivity contribution >= 4 is 17.5 Å². The minimum absolute atomic E-state index is 0.0398. The van der Waals surface area contributed by atoms with E-state index in [1.54, 1.807) is 12.1 Å².